The number of hydrogen-bond acceptors (Lipinski definition) is 6. The van der Waals surface area contributed by atoms with Gasteiger partial charge in [-0.1, -0.05) is 36.4 Å². The van der Waals surface area contributed by atoms with Gasteiger partial charge in [0, 0.05) is 35.7 Å². The zero-order valence-electron chi connectivity index (χ0n) is 17.6. The van der Waals surface area contributed by atoms with Crippen LogP contribution in [0, 0.1) is 0 Å². The van der Waals surface area contributed by atoms with Crippen molar-refractivity contribution in [3.05, 3.63) is 65.2 Å². The summed E-state index contributed by atoms with van der Waals surface area (Å²) in [4.78, 5) is 11.9. The van der Waals surface area contributed by atoms with Gasteiger partial charge in [-0.25, -0.2) is 4.79 Å². The normalized spacial score (nSPS) is 20.9. The summed E-state index contributed by atoms with van der Waals surface area (Å²) in [6.07, 6.45) is -0.0828. The maximum atomic E-state index is 11.9. The Morgan fingerprint density at radius 2 is 1.94 bits per heavy atom. The molecule has 31 heavy (non-hydrogen) atoms. The Morgan fingerprint density at radius 1 is 1.13 bits per heavy atom. The van der Waals surface area contributed by atoms with Gasteiger partial charge in [0.1, 0.15) is 0 Å². The molecule has 3 atom stereocenters. The Morgan fingerprint density at radius 3 is 2.65 bits per heavy atom. The third kappa shape index (κ3) is 6.95. The summed E-state index contributed by atoms with van der Waals surface area (Å²) >= 11 is 1.65. The Bertz CT molecular complexity index is 833. The van der Waals surface area contributed by atoms with Crippen molar-refractivity contribution in [1.29, 1.82) is 0 Å². The minimum atomic E-state index is -0.577. The highest BCUT2D eigenvalue weighted by molar-refractivity contribution is 7.99. The van der Waals surface area contributed by atoms with Crippen LogP contribution < -0.4 is 10.6 Å². The molecule has 2 aromatic rings. The van der Waals surface area contributed by atoms with Crippen molar-refractivity contribution in [2.75, 3.05) is 30.0 Å². The first-order valence-corrected chi connectivity index (χ1v) is 11.6. The van der Waals surface area contributed by atoms with Gasteiger partial charge in [0.25, 0.3) is 0 Å². The fraction of sp³-hybridized carbons (Fsp3) is 0.435. The van der Waals surface area contributed by atoms with Crippen LogP contribution in [0.25, 0.3) is 0 Å². The van der Waals surface area contributed by atoms with Crippen LogP contribution in [0.4, 0.5) is 10.5 Å². The predicted molar refractivity (Wildman–Crippen MR) is 122 cm³/mol. The highest BCUT2D eigenvalue weighted by Crippen LogP contribution is 2.39. The molecule has 0 unspecified atom stereocenters. The molecule has 1 heterocycles. The zero-order valence-corrected chi connectivity index (χ0v) is 18.4. The Labute approximate surface area is 187 Å². The summed E-state index contributed by atoms with van der Waals surface area (Å²) in [7, 11) is 0. The molecule has 168 valence electrons. The van der Waals surface area contributed by atoms with Crippen LogP contribution in [-0.2, 0) is 16.1 Å². The van der Waals surface area contributed by atoms with Crippen molar-refractivity contribution in [1.82, 2.24) is 5.32 Å². The molecule has 0 aliphatic carbocycles. The van der Waals surface area contributed by atoms with Gasteiger partial charge < -0.3 is 30.3 Å². The van der Waals surface area contributed by atoms with E-state index >= 15 is 0 Å². The number of hydrogen-bond donors (Lipinski definition) is 4. The lowest BCUT2D eigenvalue weighted by atomic mass is 10.0. The molecule has 0 aromatic heterocycles. The van der Waals surface area contributed by atoms with Gasteiger partial charge in [-0.2, -0.15) is 11.8 Å². The lowest BCUT2D eigenvalue weighted by Crippen LogP contribution is -2.31. The second kappa shape index (κ2) is 12.1. The number of amides is 2. The van der Waals surface area contributed by atoms with E-state index in [1.807, 2.05) is 55.5 Å². The predicted octanol–water partition coefficient (Wildman–Crippen LogP) is 3.59. The number of anilines is 1. The number of nitrogens with one attached hydrogen (secondary N) is 2. The average molecular weight is 447 g/mol. The molecule has 8 heteroatoms. The Kier molecular flexibility index (Phi) is 9.17. The zero-order chi connectivity index (χ0) is 22.1. The van der Waals surface area contributed by atoms with E-state index in [2.05, 4.69) is 10.6 Å². The molecule has 1 fully saturated rings. The van der Waals surface area contributed by atoms with Crippen molar-refractivity contribution in [3.63, 3.8) is 0 Å². The van der Waals surface area contributed by atoms with Crippen LogP contribution in [-0.4, -0.2) is 47.0 Å². The van der Waals surface area contributed by atoms with Gasteiger partial charge in [0.05, 0.1) is 25.4 Å². The first-order valence-electron chi connectivity index (χ1n) is 10.5. The second-order valence-corrected chi connectivity index (χ2v) is 8.41. The Balaban J connectivity index is 1.77. The first kappa shape index (κ1) is 23.6. The fourth-order valence-electron chi connectivity index (χ4n) is 3.40. The van der Waals surface area contributed by atoms with Crippen molar-refractivity contribution in [2.45, 2.75) is 38.4 Å². The van der Waals surface area contributed by atoms with Gasteiger partial charge in [-0.15, -0.1) is 0 Å². The van der Waals surface area contributed by atoms with Crippen molar-refractivity contribution < 1.29 is 24.5 Å². The molecule has 1 aliphatic rings. The summed E-state index contributed by atoms with van der Waals surface area (Å²) in [5.41, 5.74) is 3.37. The molecule has 2 aromatic carbocycles. The van der Waals surface area contributed by atoms with Gasteiger partial charge in [-0.3, -0.25) is 0 Å². The third-order valence-electron chi connectivity index (χ3n) is 4.91. The molecule has 1 aliphatic heterocycles. The molecule has 0 saturated carbocycles. The van der Waals surface area contributed by atoms with Crippen LogP contribution in [0.1, 0.15) is 42.4 Å². The quantitative estimate of drug-likeness (QED) is 0.439. The number of benzene rings is 2. The fourth-order valence-corrected chi connectivity index (χ4v) is 4.17. The second-order valence-electron chi connectivity index (χ2n) is 7.26. The lowest BCUT2D eigenvalue weighted by Gasteiger charge is -2.36. The topological polar surface area (TPSA) is 100 Å². The monoisotopic (exact) mass is 446 g/mol. The molecule has 0 spiro atoms. The van der Waals surface area contributed by atoms with Crippen LogP contribution in [0.15, 0.2) is 48.5 Å². The largest absolute Gasteiger partial charge is 0.396 e. The number of urea groups is 1. The molecule has 2 amide bonds. The summed E-state index contributed by atoms with van der Waals surface area (Å²) in [5.74, 6) is 1.41. The van der Waals surface area contributed by atoms with Gasteiger partial charge in [0.2, 0.25) is 0 Å². The molecule has 7 nitrogen and oxygen atoms in total. The summed E-state index contributed by atoms with van der Waals surface area (Å²) in [5, 5.41) is 23.9. The van der Waals surface area contributed by atoms with E-state index in [9.17, 15) is 9.90 Å². The highest BCUT2D eigenvalue weighted by atomic mass is 32.2. The molecule has 3 rings (SSSR count). The standard InChI is InChI=1S/C23H30N2O5S/c1-2-24-23(28)25-19-5-3-4-18(12-19)22-29-20(15-31-11-10-26)13-21(30-22)17-8-6-16(14-27)7-9-17/h3-9,12,20-22,26-27H,2,10-11,13-15H2,1H3,(H2,24,25,28)/t20-,21+,22+/m1/s1. The number of aliphatic hydroxyl groups is 2. The smallest absolute Gasteiger partial charge is 0.319 e. The highest BCUT2D eigenvalue weighted by Gasteiger charge is 2.32. The minimum Gasteiger partial charge on any atom is -0.396 e. The molecule has 4 N–H and O–H groups in total. The summed E-state index contributed by atoms with van der Waals surface area (Å²) < 4.78 is 12.5. The molecular weight excluding hydrogens is 416 g/mol. The van der Waals surface area contributed by atoms with E-state index in [1.165, 1.54) is 0 Å². The molecular formula is C23H30N2O5S. The van der Waals surface area contributed by atoms with Crippen molar-refractivity contribution >= 4 is 23.5 Å². The lowest BCUT2D eigenvalue weighted by molar-refractivity contribution is -0.245. The minimum absolute atomic E-state index is 0.00334. The van der Waals surface area contributed by atoms with E-state index in [-0.39, 0.29) is 31.5 Å². The van der Waals surface area contributed by atoms with E-state index in [0.29, 0.717) is 24.4 Å². The van der Waals surface area contributed by atoms with Crippen molar-refractivity contribution in [2.24, 2.45) is 0 Å². The van der Waals surface area contributed by atoms with Crippen LogP contribution >= 0.6 is 11.8 Å². The summed E-state index contributed by atoms with van der Waals surface area (Å²) in [6.45, 7) is 2.55. The van der Waals surface area contributed by atoms with Crippen LogP contribution in [0.5, 0.6) is 0 Å². The molecule has 0 radical (unpaired) electrons. The molecule has 1 saturated heterocycles. The van der Waals surface area contributed by atoms with E-state index in [0.717, 1.165) is 22.4 Å². The SMILES string of the molecule is CCNC(=O)Nc1cccc([C@H]2O[C@@H](CSCCO)C[C@@H](c3ccc(CO)cc3)O2)c1. The van der Waals surface area contributed by atoms with Crippen LogP contribution in [0.2, 0.25) is 0 Å². The maximum absolute atomic E-state index is 11.9. The van der Waals surface area contributed by atoms with Gasteiger partial charge >= 0.3 is 6.03 Å². The van der Waals surface area contributed by atoms with Gasteiger partial charge in [-0.05, 0) is 30.2 Å². The Hall–Kier alpha value is -2.10. The number of aliphatic hydroxyl groups excluding tert-OH is 2. The first-order chi connectivity index (χ1) is 15.1. The third-order valence-corrected chi connectivity index (χ3v) is 5.99. The molecule has 0 bridgehead atoms. The number of carbonyl (C=O) groups excluding carboxylic acids is 1. The number of thioether (sulfide) groups is 1. The maximum Gasteiger partial charge on any atom is 0.319 e. The van der Waals surface area contributed by atoms with Gasteiger partial charge in [0.15, 0.2) is 6.29 Å². The number of ether oxygens (including phenoxy) is 2. The number of carbonyl (C=O) groups is 1. The van der Waals surface area contributed by atoms with Crippen LogP contribution in [0.3, 0.4) is 0 Å². The van der Waals surface area contributed by atoms with Crippen molar-refractivity contribution in [3.8, 4) is 0 Å². The van der Waals surface area contributed by atoms with E-state index in [1.54, 1.807) is 11.8 Å². The van der Waals surface area contributed by atoms with E-state index in [4.69, 9.17) is 14.6 Å². The number of rotatable bonds is 9. The average Bonchev–Trinajstić information content (AvgIpc) is 2.79. The summed E-state index contributed by atoms with van der Waals surface area (Å²) in [6, 6.07) is 14.9. The van der Waals surface area contributed by atoms with E-state index < -0.39 is 6.29 Å².